The minimum absolute atomic E-state index is 0.232. The highest BCUT2D eigenvalue weighted by molar-refractivity contribution is 6.38. The monoisotopic (exact) mass is 248 g/mol. The Bertz CT molecular complexity index is 383. The fourth-order valence-electron chi connectivity index (χ4n) is 1.02. The second kappa shape index (κ2) is 5.21. The van der Waals surface area contributed by atoms with Crippen LogP contribution in [0.15, 0.2) is 12.1 Å². The van der Waals surface area contributed by atoms with Crippen molar-refractivity contribution in [3.8, 4) is 0 Å². The summed E-state index contributed by atoms with van der Waals surface area (Å²) in [5, 5.41) is 0.577. The van der Waals surface area contributed by atoms with E-state index in [1.807, 2.05) is 0 Å². The summed E-state index contributed by atoms with van der Waals surface area (Å²) in [6, 6.07) is 2.88. The number of esters is 1. The van der Waals surface area contributed by atoms with Gasteiger partial charge in [0.1, 0.15) is 0 Å². The van der Waals surface area contributed by atoms with Crippen LogP contribution in [0.1, 0.15) is 17.3 Å². The molecule has 0 saturated carbocycles. The number of carbonyl (C=O) groups is 1. The van der Waals surface area contributed by atoms with E-state index in [4.69, 9.17) is 33.8 Å². The first kappa shape index (κ1) is 12.1. The first-order valence-corrected chi connectivity index (χ1v) is 4.98. The molecule has 0 heterocycles. The van der Waals surface area contributed by atoms with Gasteiger partial charge in [-0.3, -0.25) is 5.84 Å². The minimum atomic E-state index is -0.504. The molecule has 4 nitrogen and oxygen atoms in total. The molecule has 6 heteroatoms. The molecule has 0 unspecified atom stereocenters. The molecular weight excluding hydrogens is 239 g/mol. The highest BCUT2D eigenvalue weighted by Gasteiger charge is 2.14. The lowest BCUT2D eigenvalue weighted by atomic mass is 10.2. The molecule has 0 aliphatic rings. The Hall–Kier alpha value is -0.970. The molecule has 0 aliphatic heterocycles. The van der Waals surface area contributed by atoms with Gasteiger partial charge in [-0.05, 0) is 19.1 Å². The summed E-state index contributed by atoms with van der Waals surface area (Å²) < 4.78 is 4.81. The van der Waals surface area contributed by atoms with Crippen LogP contribution < -0.4 is 11.3 Å². The molecule has 0 bridgehead atoms. The number of nitrogen functional groups attached to an aromatic ring is 1. The molecule has 82 valence electrons. The van der Waals surface area contributed by atoms with Gasteiger partial charge < -0.3 is 10.2 Å². The van der Waals surface area contributed by atoms with E-state index in [0.29, 0.717) is 10.7 Å². The Morgan fingerprint density at radius 2 is 2.13 bits per heavy atom. The van der Waals surface area contributed by atoms with Gasteiger partial charge in [-0.2, -0.15) is 0 Å². The second-order valence-corrected chi connectivity index (χ2v) is 3.49. The number of rotatable bonds is 3. The zero-order valence-electron chi connectivity index (χ0n) is 8.01. The quantitative estimate of drug-likeness (QED) is 0.490. The number of carbonyl (C=O) groups excluding carboxylic acids is 1. The van der Waals surface area contributed by atoms with Crippen molar-refractivity contribution >= 4 is 34.9 Å². The summed E-state index contributed by atoms with van der Waals surface area (Å²) >= 11 is 11.6. The van der Waals surface area contributed by atoms with Crippen LogP contribution >= 0.6 is 23.2 Å². The van der Waals surface area contributed by atoms with Crippen LogP contribution in [0.5, 0.6) is 0 Å². The van der Waals surface area contributed by atoms with Gasteiger partial charge >= 0.3 is 5.97 Å². The summed E-state index contributed by atoms with van der Waals surface area (Å²) in [7, 11) is 0. The maximum Gasteiger partial charge on any atom is 0.339 e. The lowest BCUT2D eigenvalue weighted by Crippen LogP contribution is -2.10. The highest BCUT2D eigenvalue weighted by atomic mass is 35.5. The molecule has 3 N–H and O–H groups in total. The number of hydrazine groups is 1. The van der Waals surface area contributed by atoms with E-state index in [0.717, 1.165) is 0 Å². The first-order valence-electron chi connectivity index (χ1n) is 4.23. The van der Waals surface area contributed by atoms with Crippen molar-refractivity contribution in [2.45, 2.75) is 6.92 Å². The number of anilines is 1. The summed E-state index contributed by atoms with van der Waals surface area (Å²) in [6.45, 7) is 1.99. The Labute approximate surface area is 97.3 Å². The van der Waals surface area contributed by atoms with E-state index in [1.165, 1.54) is 12.1 Å². The number of nitrogens with two attached hydrogens (primary N) is 1. The lowest BCUT2D eigenvalue weighted by molar-refractivity contribution is 0.0526. The van der Waals surface area contributed by atoms with Gasteiger partial charge in [-0.25, -0.2) is 4.79 Å². The maximum absolute atomic E-state index is 11.4. The van der Waals surface area contributed by atoms with Crippen molar-refractivity contribution in [3.63, 3.8) is 0 Å². The summed E-state index contributed by atoms with van der Waals surface area (Å²) in [5.74, 6) is 4.71. The van der Waals surface area contributed by atoms with Gasteiger partial charge in [0.2, 0.25) is 0 Å². The van der Waals surface area contributed by atoms with E-state index in [9.17, 15) is 4.79 Å². The average molecular weight is 249 g/mol. The zero-order valence-corrected chi connectivity index (χ0v) is 9.52. The van der Waals surface area contributed by atoms with Crippen LogP contribution in [0.25, 0.3) is 0 Å². The van der Waals surface area contributed by atoms with Crippen molar-refractivity contribution in [2.24, 2.45) is 5.84 Å². The second-order valence-electron chi connectivity index (χ2n) is 2.68. The topological polar surface area (TPSA) is 64.3 Å². The molecule has 0 saturated heterocycles. The van der Waals surface area contributed by atoms with Crippen molar-refractivity contribution in [1.29, 1.82) is 0 Å². The molecule has 0 aromatic heterocycles. The van der Waals surface area contributed by atoms with Crippen molar-refractivity contribution in [3.05, 3.63) is 27.7 Å². The zero-order chi connectivity index (χ0) is 11.4. The van der Waals surface area contributed by atoms with Crippen LogP contribution in [0.3, 0.4) is 0 Å². The number of hydrogen-bond acceptors (Lipinski definition) is 4. The third kappa shape index (κ3) is 2.75. The Kier molecular flexibility index (Phi) is 4.20. The van der Waals surface area contributed by atoms with Crippen molar-refractivity contribution in [1.82, 2.24) is 0 Å². The van der Waals surface area contributed by atoms with E-state index in [2.05, 4.69) is 5.43 Å². The van der Waals surface area contributed by atoms with Gasteiger partial charge in [0.15, 0.2) is 0 Å². The summed E-state index contributed by atoms with van der Waals surface area (Å²) in [5.41, 5.74) is 3.01. The largest absolute Gasteiger partial charge is 0.462 e. The molecule has 0 amide bonds. The lowest BCUT2D eigenvalue weighted by Gasteiger charge is -2.08. The molecule has 0 atom stereocenters. The van der Waals surface area contributed by atoms with Gasteiger partial charge in [-0.1, -0.05) is 23.2 Å². The smallest absolute Gasteiger partial charge is 0.339 e. The van der Waals surface area contributed by atoms with Crippen LogP contribution in [0, 0.1) is 0 Å². The standard InChI is InChI=1S/C9H10Cl2N2O2/c1-2-15-9(14)5-3-8(13-12)7(11)4-6(5)10/h3-4,13H,2,12H2,1H3. The van der Waals surface area contributed by atoms with Crippen LogP contribution in [-0.4, -0.2) is 12.6 Å². The average Bonchev–Trinajstić information content (AvgIpc) is 2.18. The number of hydrogen-bond donors (Lipinski definition) is 2. The SMILES string of the molecule is CCOC(=O)c1cc(NN)c(Cl)cc1Cl. The van der Waals surface area contributed by atoms with Gasteiger partial charge in [0, 0.05) is 0 Å². The molecule has 1 aromatic carbocycles. The van der Waals surface area contributed by atoms with Crippen LogP contribution in [-0.2, 0) is 4.74 Å². The third-order valence-corrected chi connectivity index (χ3v) is 2.33. The van der Waals surface area contributed by atoms with E-state index in [-0.39, 0.29) is 17.2 Å². The number of ether oxygens (including phenoxy) is 1. The third-order valence-electron chi connectivity index (χ3n) is 1.71. The Morgan fingerprint density at radius 3 is 2.67 bits per heavy atom. The van der Waals surface area contributed by atoms with Gasteiger partial charge in [0.25, 0.3) is 0 Å². The fraction of sp³-hybridized carbons (Fsp3) is 0.222. The molecule has 1 aromatic rings. The van der Waals surface area contributed by atoms with Crippen molar-refractivity contribution in [2.75, 3.05) is 12.0 Å². The minimum Gasteiger partial charge on any atom is -0.462 e. The fourth-order valence-corrected chi connectivity index (χ4v) is 1.54. The molecule has 0 fully saturated rings. The Morgan fingerprint density at radius 1 is 1.47 bits per heavy atom. The number of nitrogens with one attached hydrogen (secondary N) is 1. The van der Waals surface area contributed by atoms with E-state index < -0.39 is 5.97 Å². The molecule has 15 heavy (non-hydrogen) atoms. The van der Waals surface area contributed by atoms with E-state index >= 15 is 0 Å². The van der Waals surface area contributed by atoms with Gasteiger partial charge in [-0.15, -0.1) is 0 Å². The molecule has 0 radical (unpaired) electrons. The number of benzene rings is 1. The van der Waals surface area contributed by atoms with Crippen LogP contribution in [0.4, 0.5) is 5.69 Å². The first-order chi connectivity index (χ1) is 7.10. The predicted octanol–water partition coefficient (Wildman–Crippen LogP) is 2.46. The molecule has 0 aliphatic carbocycles. The van der Waals surface area contributed by atoms with E-state index in [1.54, 1.807) is 6.92 Å². The Balaban J connectivity index is 3.12. The molecule has 0 spiro atoms. The van der Waals surface area contributed by atoms with Crippen molar-refractivity contribution < 1.29 is 9.53 Å². The highest BCUT2D eigenvalue weighted by Crippen LogP contribution is 2.29. The summed E-state index contributed by atoms with van der Waals surface area (Å²) in [6.07, 6.45) is 0. The molecule has 1 rings (SSSR count). The summed E-state index contributed by atoms with van der Waals surface area (Å²) in [4.78, 5) is 11.4. The number of halogens is 2. The van der Waals surface area contributed by atoms with Gasteiger partial charge in [0.05, 0.1) is 27.9 Å². The molecular formula is C9H10Cl2N2O2. The maximum atomic E-state index is 11.4. The predicted molar refractivity (Wildman–Crippen MR) is 60.2 cm³/mol. The van der Waals surface area contributed by atoms with Crippen LogP contribution in [0.2, 0.25) is 10.0 Å². The normalized spacial score (nSPS) is 9.87.